The lowest BCUT2D eigenvalue weighted by Gasteiger charge is -2.29. The molecule has 0 saturated carbocycles. The Morgan fingerprint density at radius 3 is 2.70 bits per heavy atom. The zero-order valence-electron chi connectivity index (χ0n) is 11.9. The lowest BCUT2D eigenvalue weighted by atomic mass is 10.2. The lowest BCUT2D eigenvalue weighted by Crippen LogP contribution is -2.40. The molecule has 2 aromatic rings. The first-order chi connectivity index (χ1) is 10.9. The quantitative estimate of drug-likeness (QED) is 0.858. The third-order valence-electron chi connectivity index (χ3n) is 3.43. The van der Waals surface area contributed by atoms with E-state index in [9.17, 15) is 18.0 Å². The maximum Gasteiger partial charge on any atom is 0.419 e. The van der Waals surface area contributed by atoms with Gasteiger partial charge in [-0.3, -0.25) is 4.90 Å². The van der Waals surface area contributed by atoms with E-state index < -0.39 is 17.8 Å². The van der Waals surface area contributed by atoms with Gasteiger partial charge in [-0.05, 0) is 30.3 Å². The van der Waals surface area contributed by atoms with Crippen LogP contribution in [0.1, 0.15) is 5.56 Å². The van der Waals surface area contributed by atoms with Crippen LogP contribution in [-0.2, 0) is 6.18 Å². The van der Waals surface area contributed by atoms with Gasteiger partial charge in [-0.25, -0.2) is 4.79 Å². The van der Waals surface area contributed by atoms with E-state index in [1.165, 1.54) is 17.0 Å². The minimum absolute atomic E-state index is 0.138. The Kier molecular flexibility index (Phi) is 3.85. The van der Waals surface area contributed by atoms with Gasteiger partial charge >= 0.3 is 12.3 Å². The molecule has 0 spiro atoms. The number of amides is 1. The van der Waals surface area contributed by atoms with Crippen LogP contribution in [0.25, 0.3) is 0 Å². The van der Waals surface area contributed by atoms with Crippen LogP contribution < -0.4 is 15.0 Å². The van der Waals surface area contributed by atoms with E-state index in [2.05, 4.69) is 5.32 Å². The van der Waals surface area contributed by atoms with Crippen LogP contribution >= 0.6 is 0 Å². The third kappa shape index (κ3) is 3.23. The number of para-hydroxylation sites is 2. The van der Waals surface area contributed by atoms with Crippen molar-refractivity contribution in [3.05, 3.63) is 54.1 Å². The Labute approximate surface area is 130 Å². The fourth-order valence-electron chi connectivity index (χ4n) is 2.36. The number of hydrogen-bond donors (Lipinski definition) is 1. The van der Waals surface area contributed by atoms with Crippen LogP contribution in [0, 0.1) is 0 Å². The van der Waals surface area contributed by atoms with Gasteiger partial charge in [-0.1, -0.05) is 18.2 Å². The second-order valence-corrected chi connectivity index (χ2v) is 4.99. The van der Waals surface area contributed by atoms with E-state index in [0.717, 1.165) is 17.8 Å². The van der Waals surface area contributed by atoms with E-state index in [0.29, 0.717) is 18.8 Å². The van der Waals surface area contributed by atoms with Crippen LogP contribution in [0.2, 0.25) is 0 Å². The molecule has 1 aliphatic heterocycles. The molecule has 23 heavy (non-hydrogen) atoms. The summed E-state index contributed by atoms with van der Waals surface area (Å²) in [5.41, 5.74) is 0.555. The Morgan fingerprint density at radius 2 is 1.91 bits per heavy atom. The van der Waals surface area contributed by atoms with Gasteiger partial charge in [0.15, 0.2) is 0 Å². The van der Waals surface area contributed by atoms with E-state index in [4.69, 9.17) is 4.74 Å². The highest BCUT2D eigenvalue weighted by Crippen LogP contribution is 2.32. The molecule has 0 unspecified atom stereocenters. The summed E-state index contributed by atoms with van der Waals surface area (Å²) in [7, 11) is 0. The van der Waals surface area contributed by atoms with Crippen molar-refractivity contribution in [3.63, 3.8) is 0 Å². The summed E-state index contributed by atoms with van der Waals surface area (Å²) >= 11 is 0. The van der Waals surface area contributed by atoms with Crippen molar-refractivity contribution in [2.75, 3.05) is 23.3 Å². The summed E-state index contributed by atoms with van der Waals surface area (Å²) < 4.78 is 43.2. The number of nitrogens with zero attached hydrogens (tertiary/aromatic N) is 1. The zero-order valence-corrected chi connectivity index (χ0v) is 11.9. The number of halogens is 3. The average molecular weight is 322 g/mol. The number of fused-ring (bicyclic) bond motifs is 1. The molecule has 1 amide bonds. The molecule has 0 radical (unpaired) electrons. The lowest BCUT2D eigenvalue weighted by molar-refractivity contribution is -0.137. The van der Waals surface area contributed by atoms with Gasteiger partial charge in [0.1, 0.15) is 5.75 Å². The fourth-order valence-corrected chi connectivity index (χ4v) is 2.36. The number of alkyl halides is 3. The van der Waals surface area contributed by atoms with E-state index in [-0.39, 0.29) is 5.75 Å². The van der Waals surface area contributed by atoms with E-state index in [1.807, 2.05) is 12.1 Å². The fraction of sp³-hybridized carbons (Fsp3) is 0.188. The zero-order chi connectivity index (χ0) is 16.4. The molecule has 3 rings (SSSR count). The number of nitrogens with one attached hydrogen (secondary N) is 1. The molecule has 0 atom stereocenters. The summed E-state index contributed by atoms with van der Waals surface area (Å²) in [6.45, 7) is 0.906. The van der Waals surface area contributed by atoms with Crippen LogP contribution in [0.15, 0.2) is 48.5 Å². The number of carbonyl (C=O) groups excluding carboxylic acids is 1. The van der Waals surface area contributed by atoms with Crippen LogP contribution in [0.5, 0.6) is 5.75 Å². The second kappa shape index (κ2) is 5.83. The van der Waals surface area contributed by atoms with Gasteiger partial charge in [0, 0.05) is 13.1 Å². The van der Waals surface area contributed by atoms with Gasteiger partial charge in [-0.2, -0.15) is 13.2 Å². The molecular weight excluding hydrogens is 309 g/mol. The Bertz CT molecular complexity index is 731. The Hall–Kier alpha value is -2.70. The van der Waals surface area contributed by atoms with Crippen molar-refractivity contribution < 1.29 is 22.7 Å². The summed E-state index contributed by atoms with van der Waals surface area (Å²) in [6.07, 6.45) is -5.19. The SMILES string of the molecule is O=C(Oc1cccc(C(F)(F)F)c1)N1CCNc2ccccc21. The van der Waals surface area contributed by atoms with Crippen molar-refractivity contribution in [2.24, 2.45) is 0 Å². The molecule has 7 heteroatoms. The average Bonchev–Trinajstić information content (AvgIpc) is 2.53. The number of rotatable bonds is 1. The van der Waals surface area contributed by atoms with E-state index >= 15 is 0 Å². The minimum atomic E-state index is -4.48. The number of hydrogen-bond acceptors (Lipinski definition) is 3. The molecule has 1 aliphatic rings. The van der Waals surface area contributed by atoms with Crippen molar-refractivity contribution >= 4 is 17.5 Å². The standard InChI is InChI=1S/C16H13F3N2O2/c17-16(18,19)11-4-3-5-12(10-11)23-15(22)21-9-8-20-13-6-1-2-7-14(13)21/h1-7,10,20H,8-9H2. The molecule has 0 saturated heterocycles. The second-order valence-electron chi connectivity index (χ2n) is 4.99. The molecule has 0 aliphatic carbocycles. The predicted molar refractivity (Wildman–Crippen MR) is 79.7 cm³/mol. The van der Waals surface area contributed by atoms with E-state index in [1.54, 1.807) is 12.1 Å². The first-order valence-electron chi connectivity index (χ1n) is 6.95. The monoisotopic (exact) mass is 322 g/mol. The van der Waals surface area contributed by atoms with Crippen LogP contribution in [-0.4, -0.2) is 19.2 Å². The first-order valence-corrected chi connectivity index (χ1v) is 6.95. The molecule has 1 heterocycles. The maximum absolute atomic E-state index is 12.7. The Balaban J connectivity index is 1.81. The maximum atomic E-state index is 12.7. The van der Waals surface area contributed by atoms with Gasteiger partial charge in [0.2, 0.25) is 0 Å². The third-order valence-corrected chi connectivity index (χ3v) is 3.43. The molecule has 4 nitrogen and oxygen atoms in total. The highest BCUT2D eigenvalue weighted by Gasteiger charge is 2.31. The molecule has 120 valence electrons. The summed E-state index contributed by atoms with van der Waals surface area (Å²) in [4.78, 5) is 13.7. The number of carbonyl (C=O) groups is 1. The van der Waals surface area contributed by atoms with Gasteiger partial charge in [0.25, 0.3) is 0 Å². The molecule has 0 fully saturated rings. The minimum Gasteiger partial charge on any atom is -0.410 e. The Morgan fingerprint density at radius 1 is 1.13 bits per heavy atom. The summed E-state index contributed by atoms with van der Waals surface area (Å²) in [5, 5.41) is 3.14. The predicted octanol–water partition coefficient (Wildman–Crippen LogP) is 4.14. The van der Waals surface area contributed by atoms with Gasteiger partial charge in [-0.15, -0.1) is 0 Å². The number of ether oxygens (including phenoxy) is 1. The van der Waals surface area contributed by atoms with Gasteiger partial charge in [0.05, 0.1) is 16.9 Å². The van der Waals surface area contributed by atoms with Crippen LogP contribution in [0.4, 0.5) is 29.3 Å². The van der Waals surface area contributed by atoms with Crippen LogP contribution in [0.3, 0.4) is 0 Å². The molecule has 2 aromatic carbocycles. The van der Waals surface area contributed by atoms with Crippen molar-refractivity contribution in [2.45, 2.75) is 6.18 Å². The summed E-state index contributed by atoms with van der Waals surface area (Å²) in [6, 6.07) is 11.4. The smallest absolute Gasteiger partial charge is 0.410 e. The van der Waals surface area contributed by atoms with Crippen molar-refractivity contribution in [3.8, 4) is 5.75 Å². The highest BCUT2D eigenvalue weighted by atomic mass is 19.4. The normalized spacial score (nSPS) is 14.0. The summed E-state index contributed by atoms with van der Waals surface area (Å²) in [5.74, 6) is -0.138. The number of anilines is 2. The topological polar surface area (TPSA) is 41.6 Å². The first kappa shape index (κ1) is 15.2. The molecule has 0 bridgehead atoms. The van der Waals surface area contributed by atoms with Crippen molar-refractivity contribution in [1.82, 2.24) is 0 Å². The molecule has 0 aromatic heterocycles. The molecule has 1 N–H and O–H groups in total. The largest absolute Gasteiger partial charge is 0.419 e. The highest BCUT2D eigenvalue weighted by molar-refractivity contribution is 5.94. The van der Waals surface area contributed by atoms with Crippen molar-refractivity contribution in [1.29, 1.82) is 0 Å². The number of benzene rings is 2. The van der Waals surface area contributed by atoms with Gasteiger partial charge < -0.3 is 10.1 Å². The molecular formula is C16H13F3N2O2.